The van der Waals surface area contributed by atoms with Crippen molar-refractivity contribution < 1.29 is 28.0 Å². The van der Waals surface area contributed by atoms with Crippen LogP contribution in [0.3, 0.4) is 0 Å². The van der Waals surface area contributed by atoms with Crippen molar-refractivity contribution in [1.29, 1.82) is 0 Å². The van der Waals surface area contributed by atoms with E-state index in [9.17, 15) is 13.8 Å². The van der Waals surface area contributed by atoms with Gasteiger partial charge in [0.2, 0.25) is 5.95 Å². The first kappa shape index (κ1) is 16.1. The zero-order valence-corrected chi connectivity index (χ0v) is 12.6. The van der Waals surface area contributed by atoms with Crippen LogP contribution in [0.1, 0.15) is 19.1 Å². The zero-order chi connectivity index (χ0) is 16.8. The Morgan fingerprint density at radius 3 is 3.00 bits per heavy atom. The molecule has 0 aromatic carbocycles. The molecule has 0 bridgehead atoms. The van der Waals surface area contributed by atoms with Gasteiger partial charge in [-0.2, -0.15) is 4.98 Å². The van der Waals surface area contributed by atoms with Crippen molar-refractivity contribution in [3.63, 3.8) is 0 Å². The van der Waals surface area contributed by atoms with Crippen molar-refractivity contribution in [2.45, 2.75) is 25.2 Å². The van der Waals surface area contributed by atoms with Crippen LogP contribution in [0.2, 0.25) is 0 Å². The van der Waals surface area contributed by atoms with Crippen LogP contribution >= 0.6 is 7.82 Å². The number of ether oxygens (including phenoxy) is 1. The third kappa shape index (κ3) is 3.28. The van der Waals surface area contributed by atoms with Crippen LogP contribution < -0.4 is 11.3 Å². The van der Waals surface area contributed by atoms with Gasteiger partial charge in [0, 0.05) is 6.20 Å². The average Bonchev–Trinajstić information content (AvgIpc) is 3.00. The Balaban J connectivity index is 1.85. The van der Waals surface area contributed by atoms with Crippen molar-refractivity contribution in [3.8, 4) is 0 Å². The number of nitrogen functional groups attached to an aromatic ring is 1. The fraction of sp³-hybridized carbons (Fsp3) is 0.455. The molecule has 3 rings (SSSR count). The molecule has 126 valence electrons. The molecule has 0 unspecified atom stereocenters. The molecule has 2 aromatic heterocycles. The van der Waals surface area contributed by atoms with Crippen molar-refractivity contribution in [3.05, 3.63) is 22.4 Å². The number of phosphoric acid groups is 1. The zero-order valence-electron chi connectivity index (χ0n) is 11.7. The topological polar surface area (TPSA) is 153 Å². The number of aromatic amines is 1. The Morgan fingerprint density at radius 1 is 1.57 bits per heavy atom. The highest BCUT2D eigenvalue weighted by Gasteiger charge is 2.31. The Kier molecular flexibility index (Phi) is 3.98. The number of rotatable bonds is 4. The van der Waals surface area contributed by atoms with E-state index in [0.29, 0.717) is 12.8 Å². The summed E-state index contributed by atoms with van der Waals surface area (Å²) in [5.74, 6) is -0.909. The number of H-pyrrole nitrogens is 1. The van der Waals surface area contributed by atoms with E-state index < -0.39 is 31.5 Å². The number of phosphoric ester groups is 1. The van der Waals surface area contributed by atoms with Gasteiger partial charge in [0.1, 0.15) is 11.6 Å². The van der Waals surface area contributed by atoms with Crippen LogP contribution in [-0.4, -0.2) is 37.0 Å². The second-order valence-corrected chi connectivity index (χ2v) is 6.35. The average molecular weight is 348 g/mol. The molecule has 1 fully saturated rings. The molecule has 5 N–H and O–H groups in total. The molecule has 3 heterocycles. The molecule has 0 amide bonds. The smallest absolute Gasteiger partial charge is 0.369 e. The third-order valence-corrected chi connectivity index (χ3v) is 3.96. The van der Waals surface area contributed by atoms with Crippen LogP contribution in [0.5, 0.6) is 0 Å². The van der Waals surface area contributed by atoms with Gasteiger partial charge in [0.05, 0.1) is 12.7 Å². The summed E-state index contributed by atoms with van der Waals surface area (Å²) in [4.78, 5) is 35.3. The van der Waals surface area contributed by atoms with Crippen LogP contribution in [0, 0.1) is 5.82 Å². The van der Waals surface area contributed by atoms with Gasteiger partial charge < -0.3 is 24.8 Å². The van der Waals surface area contributed by atoms with Crippen LogP contribution in [0.25, 0.3) is 11.0 Å². The second kappa shape index (κ2) is 5.69. The molecule has 0 saturated carbocycles. The summed E-state index contributed by atoms with van der Waals surface area (Å²) in [6.45, 7) is -0.293. The Bertz CT molecular complexity index is 845. The maximum Gasteiger partial charge on any atom is 0.469 e. The van der Waals surface area contributed by atoms with Crippen molar-refractivity contribution in [2.24, 2.45) is 0 Å². The molecule has 1 aliphatic heterocycles. The summed E-state index contributed by atoms with van der Waals surface area (Å²) in [6.07, 6.45) is 0.772. The number of aromatic nitrogens is 3. The van der Waals surface area contributed by atoms with Gasteiger partial charge in [-0.15, -0.1) is 0 Å². The van der Waals surface area contributed by atoms with Crippen molar-refractivity contribution in [1.82, 2.24) is 14.5 Å². The van der Waals surface area contributed by atoms with Gasteiger partial charge in [0.15, 0.2) is 11.5 Å². The summed E-state index contributed by atoms with van der Waals surface area (Å²) >= 11 is 0. The number of nitrogens with zero attached hydrogens (tertiary/aromatic N) is 2. The first-order valence-electron chi connectivity index (χ1n) is 6.66. The number of halogens is 1. The van der Waals surface area contributed by atoms with Crippen molar-refractivity contribution in [2.75, 3.05) is 12.3 Å². The van der Waals surface area contributed by atoms with Gasteiger partial charge in [-0.25, -0.2) is 8.96 Å². The van der Waals surface area contributed by atoms with Crippen molar-refractivity contribution >= 4 is 24.8 Å². The molecular weight excluding hydrogens is 334 g/mol. The molecule has 1 aliphatic rings. The highest BCUT2D eigenvalue weighted by molar-refractivity contribution is 7.46. The summed E-state index contributed by atoms with van der Waals surface area (Å²) < 4.78 is 36.0. The highest BCUT2D eigenvalue weighted by Crippen LogP contribution is 2.38. The second-order valence-electron chi connectivity index (χ2n) is 5.11. The molecule has 10 nitrogen and oxygen atoms in total. The number of nitrogens with one attached hydrogen (secondary N) is 1. The molecular formula is C11H14FN4O6P. The van der Waals surface area contributed by atoms with E-state index in [1.165, 1.54) is 4.57 Å². The van der Waals surface area contributed by atoms with Crippen LogP contribution in [0.15, 0.2) is 11.0 Å². The highest BCUT2D eigenvalue weighted by atomic mass is 31.2. The van der Waals surface area contributed by atoms with E-state index in [1.807, 2.05) is 0 Å². The molecule has 2 aromatic rings. The largest absolute Gasteiger partial charge is 0.469 e. The minimum absolute atomic E-state index is 0.0466. The maximum absolute atomic E-state index is 13.9. The predicted molar refractivity (Wildman–Crippen MR) is 75.9 cm³/mol. The Hall–Kier alpha value is -1.78. The molecule has 2 atom stereocenters. The Morgan fingerprint density at radius 2 is 2.30 bits per heavy atom. The van der Waals surface area contributed by atoms with Gasteiger partial charge in [-0.1, -0.05) is 0 Å². The van der Waals surface area contributed by atoms with E-state index >= 15 is 0 Å². The fourth-order valence-corrected chi connectivity index (χ4v) is 2.90. The molecule has 23 heavy (non-hydrogen) atoms. The number of anilines is 1. The number of fused-ring (bicyclic) bond motifs is 1. The van der Waals surface area contributed by atoms with E-state index in [1.54, 1.807) is 0 Å². The molecule has 12 heteroatoms. The lowest BCUT2D eigenvalue weighted by Gasteiger charge is -2.16. The van der Waals surface area contributed by atoms with Gasteiger partial charge in [-0.3, -0.25) is 14.3 Å². The first-order chi connectivity index (χ1) is 10.7. The van der Waals surface area contributed by atoms with Gasteiger partial charge >= 0.3 is 7.82 Å². The third-order valence-electron chi connectivity index (χ3n) is 3.48. The quantitative estimate of drug-likeness (QED) is 0.573. The maximum atomic E-state index is 13.9. The van der Waals surface area contributed by atoms with E-state index in [4.69, 9.17) is 20.3 Å². The number of hydrogen-bond donors (Lipinski definition) is 4. The molecule has 1 saturated heterocycles. The first-order valence-corrected chi connectivity index (χ1v) is 8.19. The van der Waals surface area contributed by atoms with E-state index in [-0.39, 0.29) is 23.6 Å². The lowest BCUT2D eigenvalue weighted by molar-refractivity contribution is -0.0204. The summed E-state index contributed by atoms with van der Waals surface area (Å²) in [7, 11) is -4.58. The number of hydrogen-bond acceptors (Lipinski definition) is 6. The monoisotopic (exact) mass is 348 g/mol. The minimum atomic E-state index is -4.58. The summed E-state index contributed by atoms with van der Waals surface area (Å²) in [5, 5.41) is -0.224. The molecule has 0 spiro atoms. The van der Waals surface area contributed by atoms with E-state index in [0.717, 1.165) is 6.20 Å². The standard InChI is InChI=1S/C11H14FN4O6P/c12-6-3-16(9-8(6)10(17)15-11(13)14-9)7-2-1-5(22-7)4-21-23(18,19)20/h3,5,7H,1-2,4H2,(H2,18,19,20)(H3,13,14,15,17)/t5-,7+/m0/s1. The predicted octanol–water partition coefficient (Wildman–Crippen LogP) is 0.233. The summed E-state index contributed by atoms with van der Waals surface area (Å²) in [5.41, 5.74) is 4.83. The molecule has 0 radical (unpaired) electrons. The van der Waals surface area contributed by atoms with Crippen LogP contribution in [-0.2, 0) is 13.8 Å². The SMILES string of the molecule is Nc1nc2c(c(F)cn2[C@H]2CC[C@@H](COP(=O)(O)O)O2)c(=O)[nH]1. The number of nitrogens with two attached hydrogens (primary N) is 1. The van der Waals surface area contributed by atoms with Gasteiger partial charge in [-0.05, 0) is 12.8 Å². The normalized spacial score (nSPS) is 22.0. The van der Waals surface area contributed by atoms with E-state index in [2.05, 4.69) is 14.5 Å². The Labute approximate surface area is 128 Å². The lowest BCUT2D eigenvalue weighted by Crippen LogP contribution is -2.17. The minimum Gasteiger partial charge on any atom is -0.369 e. The lowest BCUT2D eigenvalue weighted by atomic mass is 10.2. The van der Waals surface area contributed by atoms with Gasteiger partial charge in [0.25, 0.3) is 5.56 Å². The fourth-order valence-electron chi connectivity index (χ4n) is 2.54. The van der Waals surface area contributed by atoms with Crippen LogP contribution in [0.4, 0.5) is 10.3 Å². The molecule has 0 aliphatic carbocycles. The summed E-state index contributed by atoms with van der Waals surface area (Å²) in [6, 6.07) is 0.